The highest BCUT2D eigenvalue weighted by Crippen LogP contribution is 2.32. The summed E-state index contributed by atoms with van der Waals surface area (Å²) in [5.41, 5.74) is 2.43. The number of methoxy groups -OCH3 is 1. The first-order valence-corrected chi connectivity index (χ1v) is 10.8. The first-order chi connectivity index (χ1) is 16.1. The molecule has 0 radical (unpaired) electrons. The molecule has 33 heavy (non-hydrogen) atoms. The van der Waals surface area contributed by atoms with Gasteiger partial charge in [-0.05, 0) is 48.4 Å². The lowest BCUT2D eigenvalue weighted by Crippen LogP contribution is -2.32. The number of anilines is 1. The molecule has 0 saturated heterocycles. The normalized spacial score (nSPS) is 13.5. The zero-order chi connectivity index (χ0) is 23.2. The van der Waals surface area contributed by atoms with Crippen LogP contribution < -0.4 is 14.8 Å². The van der Waals surface area contributed by atoms with Crippen LogP contribution >= 0.6 is 0 Å². The largest absolute Gasteiger partial charge is 0.497 e. The molecule has 1 aliphatic heterocycles. The van der Waals surface area contributed by atoms with E-state index in [2.05, 4.69) is 10.3 Å². The Morgan fingerprint density at radius 3 is 2.45 bits per heavy atom. The van der Waals surface area contributed by atoms with Crippen LogP contribution in [0, 0.1) is 0 Å². The quantitative estimate of drug-likeness (QED) is 0.498. The fraction of sp³-hybridized carbons (Fsp3) is 0.192. The van der Waals surface area contributed by atoms with Gasteiger partial charge in [0, 0.05) is 18.0 Å². The number of nitrogens with zero attached hydrogens (tertiary/aromatic N) is 2. The van der Waals surface area contributed by atoms with E-state index >= 15 is 0 Å². The van der Waals surface area contributed by atoms with Crippen LogP contribution in [0.1, 0.15) is 24.6 Å². The van der Waals surface area contributed by atoms with E-state index in [4.69, 9.17) is 9.47 Å². The molecule has 1 aliphatic rings. The van der Waals surface area contributed by atoms with Crippen molar-refractivity contribution in [3.8, 4) is 11.5 Å². The average Bonchev–Trinajstić information content (AvgIpc) is 3.08. The Bertz CT molecular complexity index is 1170. The molecule has 1 aromatic heterocycles. The summed E-state index contributed by atoms with van der Waals surface area (Å²) in [6, 6.07) is 19.8. The minimum atomic E-state index is -0.406. The first-order valence-electron chi connectivity index (χ1n) is 10.8. The Kier molecular flexibility index (Phi) is 6.69. The van der Waals surface area contributed by atoms with Crippen molar-refractivity contribution in [1.82, 2.24) is 9.88 Å². The van der Waals surface area contributed by atoms with Crippen molar-refractivity contribution in [2.24, 2.45) is 0 Å². The molecule has 168 valence electrons. The molecule has 2 amide bonds. The number of imide groups is 1. The summed E-state index contributed by atoms with van der Waals surface area (Å²) in [5, 5.41) is 3.17. The lowest BCUT2D eigenvalue weighted by Gasteiger charge is -2.15. The maximum Gasteiger partial charge on any atom is 0.278 e. The number of hydrogen-bond acceptors (Lipinski definition) is 6. The summed E-state index contributed by atoms with van der Waals surface area (Å²) >= 11 is 0. The lowest BCUT2D eigenvalue weighted by molar-refractivity contribution is -0.137. The van der Waals surface area contributed by atoms with E-state index in [1.165, 1.54) is 4.90 Å². The molecule has 2 heterocycles. The van der Waals surface area contributed by atoms with Crippen LogP contribution in [0.5, 0.6) is 11.5 Å². The summed E-state index contributed by atoms with van der Waals surface area (Å²) in [6.45, 7) is 2.72. The molecule has 0 spiro atoms. The van der Waals surface area contributed by atoms with Crippen molar-refractivity contribution in [2.75, 3.05) is 19.0 Å². The molecule has 0 atom stereocenters. The highest BCUT2D eigenvalue weighted by atomic mass is 16.5. The molecule has 0 saturated carbocycles. The number of rotatable bonds is 9. The van der Waals surface area contributed by atoms with Crippen LogP contribution in [0.2, 0.25) is 0 Å². The third-order valence-corrected chi connectivity index (χ3v) is 5.17. The van der Waals surface area contributed by atoms with Gasteiger partial charge in [0.2, 0.25) is 0 Å². The minimum Gasteiger partial charge on any atom is -0.497 e. The Morgan fingerprint density at radius 2 is 1.76 bits per heavy atom. The summed E-state index contributed by atoms with van der Waals surface area (Å²) in [5.74, 6) is 0.570. The number of hydrogen-bond donors (Lipinski definition) is 1. The molecule has 0 unspecified atom stereocenters. The SMILES string of the molecule is CCCOc1cccc(NC2=C(c3ccc(OC)cc3)C(=O)N(Cc3ccccn3)C2=O)c1. The number of ether oxygens (including phenoxy) is 2. The maximum absolute atomic E-state index is 13.4. The predicted molar refractivity (Wildman–Crippen MR) is 126 cm³/mol. The molecule has 4 rings (SSSR count). The van der Waals surface area contributed by atoms with Crippen LogP contribution in [-0.4, -0.2) is 35.4 Å². The smallest absolute Gasteiger partial charge is 0.278 e. The van der Waals surface area contributed by atoms with Crippen molar-refractivity contribution in [3.63, 3.8) is 0 Å². The fourth-order valence-electron chi connectivity index (χ4n) is 3.54. The minimum absolute atomic E-state index is 0.0863. The number of carbonyl (C=O) groups is 2. The number of pyridine rings is 1. The van der Waals surface area contributed by atoms with E-state index in [9.17, 15) is 9.59 Å². The van der Waals surface area contributed by atoms with Crippen LogP contribution in [-0.2, 0) is 16.1 Å². The summed E-state index contributed by atoms with van der Waals surface area (Å²) in [6.07, 6.45) is 2.53. The molecular weight excluding hydrogens is 418 g/mol. The zero-order valence-electron chi connectivity index (χ0n) is 18.6. The van der Waals surface area contributed by atoms with Crippen LogP contribution in [0.3, 0.4) is 0 Å². The Labute approximate surface area is 192 Å². The molecule has 7 heteroatoms. The highest BCUT2D eigenvalue weighted by molar-refractivity contribution is 6.36. The molecule has 2 aromatic carbocycles. The Balaban J connectivity index is 1.70. The molecule has 7 nitrogen and oxygen atoms in total. The van der Waals surface area contributed by atoms with E-state index in [-0.39, 0.29) is 18.1 Å². The van der Waals surface area contributed by atoms with Crippen molar-refractivity contribution in [1.29, 1.82) is 0 Å². The third kappa shape index (κ3) is 4.87. The van der Waals surface area contributed by atoms with Crippen molar-refractivity contribution in [2.45, 2.75) is 19.9 Å². The Morgan fingerprint density at radius 1 is 0.939 bits per heavy atom. The molecule has 0 fully saturated rings. The van der Waals surface area contributed by atoms with Gasteiger partial charge >= 0.3 is 0 Å². The second-order valence-electron chi connectivity index (χ2n) is 7.50. The highest BCUT2D eigenvalue weighted by Gasteiger charge is 2.39. The maximum atomic E-state index is 13.4. The number of aromatic nitrogens is 1. The van der Waals surface area contributed by atoms with Crippen LogP contribution in [0.4, 0.5) is 5.69 Å². The number of amides is 2. The average molecular weight is 444 g/mol. The van der Waals surface area contributed by atoms with Gasteiger partial charge in [-0.3, -0.25) is 19.5 Å². The second kappa shape index (κ2) is 9.99. The fourth-order valence-corrected chi connectivity index (χ4v) is 3.54. The van der Waals surface area contributed by atoms with Gasteiger partial charge in [0.25, 0.3) is 11.8 Å². The molecule has 0 bridgehead atoms. The van der Waals surface area contributed by atoms with Crippen LogP contribution in [0.15, 0.2) is 78.6 Å². The summed E-state index contributed by atoms with van der Waals surface area (Å²) in [4.78, 5) is 32.3. The zero-order valence-corrected chi connectivity index (χ0v) is 18.6. The van der Waals surface area contributed by atoms with Gasteiger partial charge in [0.05, 0.1) is 31.5 Å². The van der Waals surface area contributed by atoms with E-state index in [1.54, 1.807) is 49.7 Å². The van der Waals surface area contributed by atoms with Gasteiger partial charge in [0.15, 0.2) is 0 Å². The van der Waals surface area contributed by atoms with Gasteiger partial charge in [-0.2, -0.15) is 0 Å². The monoisotopic (exact) mass is 443 g/mol. The summed E-state index contributed by atoms with van der Waals surface area (Å²) in [7, 11) is 1.58. The van der Waals surface area contributed by atoms with E-state index in [0.717, 1.165) is 6.42 Å². The van der Waals surface area contributed by atoms with E-state index in [0.29, 0.717) is 40.6 Å². The van der Waals surface area contributed by atoms with E-state index in [1.807, 2.05) is 37.3 Å². The van der Waals surface area contributed by atoms with E-state index < -0.39 is 5.91 Å². The third-order valence-electron chi connectivity index (χ3n) is 5.17. The second-order valence-corrected chi connectivity index (χ2v) is 7.50. The summed E-state index contributed by atoms with van der Waals surface area (Å²) < 4.78 is 10.9. The van der Waals surface area contributed by atoms with Gasteiger partial charge in [0.1, 0.15) is 17.2 Å². The van der Waals surface area contributed by atoms with Gasteiger partial charge in [-0.1, -0.05) is 31.2 Å². The molecule has 3 aromatic rings. The molecular formula is C26H25N3O4. The predicted octanol–water partition coefficient (Wildman–Crippen LogP) is 4.27. The topological polar surface area (TPSA) is 80.8 Å². The number of carbonyl (C=O) groups excluding carboxylic acids is 2. The number of benzene rings is 2. The Hall–Kier alpha value is -4.13. The van der Waals surface area contributed by atoms with Gasteiger partial charge in [-0.15, -0.1) is 0 Å². The van der Waals surface area contributed by atoms with Crippen molar-refractivity contribution in [3.05, 3.63) is 89.9 Å². The molecule has 1 N–H and O–H groups in total. The lowest BCUT2D eigenvalue weighted by atomic mass is 10.0. The van der Waals surface area contributed by atoms with Crippen molar-refractivity contribution >= 4 is 23.1 Å². The molecule has 0 aliphatic carbocycles. The van der Waals surface area contributed by atoms with Crippen LogP contribution in [0.25, 0.3) is 5.57 Å². The first kappa shape index (κ1) is 22.1. The number of nitrogens with one attached hydrogen (secondary N) is 1. The standard InChI is InChI=1S/C26H25N3O4/c1-3-15-33-22-9-6-8-19(16-22)28-24-23(18-10-12-21(32-2)13-11-18)25(30)29(26(24)31)17-20-7-4-5-14-27-20/h4-14,16,28H,3,15,17H2,1-2H3. The van der Waals surface area contributed by atoms with Gasteiger partial charge < -0.3 is 14.8 Å². The van der Waals surface area contributed by atoms with Crippen molar-refractivity contribution < 1.29 is 19.1 Å². The van der Waals surface area contributed by atoms with Gasteiger partial charge in [-0.25, -0.2) is 0 Å².